The summed E-state index contributed by atoms with van der Waals surface area (Å²) in [5.41, 5.74) is 3.20. The zero-order chi connectivity index (χ0) is 22.1. The summed E-state index contributed by atoms with van der Waals surface area (Å²) in [6, 6.07) is 10.3. The number of benzene rings is 1. The summed E-state index contributed by atoms with van der Waals surface area (Å²) in [7, 11) is 0. The van der Waals surface area contributed by atoms with Crippen molar-refractivity contribution in [3.8, 4) is 0 Å². The molecule has 1 saturated heterocycles. The molecule has 0 unspecified atom stereocenters. The highest BCUT2D eigenvalue weighted by atomic mass is 16.5. The maximum Gasteiger partial charge on any atom is 0.242 e. The van der Waals surface area contributed by atoms with E-state index in [1.807, 2.05) is 36.9 Å². The predicted octanol–water partition coefficient (Wildman–Crippen LogP) is 2.20. The second-order valence-electron chi connectivity index (χ2n) is 7.49. The second-order valence-corrected chi connectivity index (χ2v) is 7.49. The van der Waals surface area contributed by atoms with E-state index in [2.05, 4.69) is 44.7 Å². The van der Waals surface area contributed by atoms with Crippen molar-refractivity contribution in [1.29, 1.82) is 0 Å². The van der Waals surface area contributed by atoms with Crippen molar-refractivity contribution >= 4 is 17.6 Å². The predicted molar refractivity (Wildman–Crippen MR) is 123 cm³/mol. The van der Waals surface area contributed by atoms with Crippen molar-refractivity contribution in [2.75, 3.05) is 44.2 Å². The number of carbonyl (C=O) groups excluding carboxylic acids is 1. The molecule has 0 saturated carbocycles. The first-order valence-corrected chi connectivity index (χ1v) is 11.2. The zero-order valence-corrected chi connectivity index (χ0v) is 18.9. The van der Waals surface area contributed by atoms with Crippen LogP contribution in [0.2, 0.25) is 0 Å². The van der Waals surface area contributed by atoms with Gasteiger partial charge in [0.05, 0.1) is 18.8 Å². The molecule has 2 aromatic rings. The summed E-state index contributed by atoms with van der Waals surface area (Å²) >= 11 is 0. The molecule has 0 atom stereocenters. The fourth-order valence-corrected chi connectivity index (χ4v) is 3.74. The molecule has 3 rings (SSSR count). The van der Waals surface area contributed by atoms with Crippen LogP contribution in [-0.4, -0.2) is 61.2 Å². The van der Waals surface area contributed by atoms with E-state index in [9.17, 15) is 4.79 Å². The third-order valence-corrected chi connectivity index (χ3v) is 5.51. The first-order chi connectivity index (χ1) is 15.2. The molecule has 0 radical (unpaired) electrons. The van der Waals surface area contributed by atoms with Crippen molar-refractivity contribution in [3.05, 3.63) is 47.3 Å². The first-order valence-electron chi connectivity index (χ1n) is 11.2. The van der Waals surface area contributed by atoms with Gasteiger partial charge in [0.15, 0.2) is 5.96 Å². The highest BCUT2D eigenvalue weighted by molar-refractivity contribution is 5.86. The standard InChI is InChI=1S/C23H34N6O2/c1-4-20-19(21(5-2)31-27-20)16-25-23(24-6-3)26-17-22(30)29-14-12-28(13-15-29)18-10-8-7-9-11-18/h7-11H,4-6,12-17H2,1-3H3,(H2,24,25,26). The molecule has 1 fully saturated rings. The lowest BCUT2D eigenvalue weighted by atomic mass is 10.1. The van der Waals surface area contributed by atoms with E-state index < -0.39 is 0 Å². The Morgan fingerprint density at radius 3 is 2.45 bits per heavy atom. The lowest BCUT2D eigenvalue weighted by Gasteiger charge is -2.36. The molecule has 1 aromatic carbocycles. The average Bonchev–Trinajstić information content (AvgIpc) is 3.23. The van der Waals surface area contributed by atoms with E-state index in [1.165, 1.54) is 5.69 Å². The topological polar surface area (TPSA) is 86.0 Å². The maximum atomic E-state index is 12.7. The van der Waals surface area contributed by atoms with Gasteiger partial charge in [-0.25, -0.2) is 4.99 Å². The number of nitrogens with zero attached hydrogens (tertiary/aromatic N) is 4. The van der Waals surface area contributed by atoms with Crippen LogP contribution in [0.1, 0.15) is 37.8 Å². The summed E-state index contributed by atoms with van der Waals surface area (Å²) in [5, 5.41) is 10.5. The highest BCUT2D eigenvalue weighted by Crippen LogP contribution is 2.17. The van der Waals surface area contributed by atoms with Gasteiger partial charge in [0, 0.05) is 50.4 Å². The maximum absolute atomic E-state index is 12.7. The molecule has 31 heavy (non-hydrogen) atoms. The van der Waals surface area contributed by atoms with Gasteiger partial charge in [-0.15, -0.1) is 0 Å². The van der Waals surface area contributed by atoms with Crippen LogP contribution in [0.15, 0.2) is 39.8 Å². The molecule has 1 aromatic heterocycles. The Morgan fingerprint density at radius 2 is 1.81 bits per heavy atom. The van der Waals surface area contributed by atoms with Crippen molar-refractivity contribution in [1.82, 2.24) is 20.7 Å². The highest BCUT2D eigenvalue weighted by Gasteiger charge is 2.21. The molecule has 0 aliphatic carbocycles. The summed E-state index contributed by atoms with van der Waals surface area (Å²) in [6.45, 7) is 10.7. The van der Waals surface area contributed by atoms with E-state index in [-0.39, 0.29) is 12.5 Å². The number of piperazine rings is 1. The van der Waals surface area contributed by atoms with Gasteiger partial charge in [-0.05, 0) is 25.5 Å². The Bertz CT molecular complexity index is 835. The lowest BCUT2D eigenvalue weighted by molar-refractivity contribution is -0.130. The Balaban J connectivity index is 1.52. The van der Waals surface area contributed by atoms with Gasteiger partial charge in [0.1, 0.15) is 5.76 Å². The summed E-state index contributed by atoms with van der Waals surface area (Å²) in [6.07, 6.45) is 1.60. The molecule has 0 spiro atoms. The molecule has 8 nitrogen and oxygen atoms in total. The number of para-hydroxylation sites is 1. The fourth-order valence-electron chi connectivity index (χ4n) is 3.74. The number of hydrogen-bond donors (Lipinski definition) is 2. The molecular weight excluding hydrogens is 392 g/mol. The summed E-state index contributed by atoms with van der Waals surface area (Å²) in [4.78, 5) is 21.6. The largest absolute Gasteiger partial charge is 0.368 e. The molecule has 2 N–H and O–H groups in total. The minimum absolute atomic E-state index is 0.0896. The number of carbonyl (C=O) groups is 1. The lowest BCUT2D eigenvalue weighted by Crippen LogP contribution is -2.52. The number of hydrogen-bond acceptors (Lipinski definition) is 5. The smallest absolute Gasteiger partial charge is 0.242 e. The Morgan fingerprint density at radius 1 is 1.06 bits per heavy atom. The van der Waals surface area contributed by atoms with Gasteiger partial charge in [0.25, 0.3) is 0 Å². The third-order valence-electron chi connectivity index (χ3n) is 5.51. The molecule has 2 heterocycles. The molecule has 0 bridgehead atoms. The van der Waals surface area contributed by atoms with Gasteiger partial charge in [-0.2, -0.15) is 0 Å². The van der Waals surface area contributed by atoms with E-state index in [0.29, 0.717) is 12.5 Å². The zero-order valence-electron chi connectivity index (χ0n) is 18.9. The van der Waals surface area contributed by atoms with Gasteiger partial charge in [-0.1, -0.05) is 37.2 Å². The van der Waals surface area contributed by atoms with Crippen LogP contribution >= 0.6 is 0 Å². The van der Waals surface area contributed by atoms with E-state index in [1.54, 1.807) is 0 Å². The number of aryl methyl sites for hydroxylation is 2. The first kappa shape index (κ1) is 22.7. The van der Waals surface area contributed by atoms with Crippen LogP contribution < -0.4 is 15.5 Å². The Kier molecular flexibility index (Phi) is 8.32. The quantitative estimate of drug-likeness (QED) is 0.497. The molecule has 1 aliphatic heterocycles. The van der Waals surface area contributed by atoms with Crippen LogP contribution in [-0.2, 0) is 24.2 Å². The molecule has 1 amide bonds. The fraction of sp³-hybridized carbons (Fsp3) is 0.522. The van der Waals surface area contributed by atoms with Crippen molar-refractivity contribution < 1.29 is 9.32 Å². The van der Waals surface area contributed by atoms with Crippen LogP contribution in [0.5, 0.6) is 0 Å². The monoisotopic (exact) mass is 426 g/mol. The van der Waals surface area contributed by atoms with Crippen LogP contribution in [0, 0.1) is 0 Å². The Labute approximate surface area is 184 Å². The number of amides is 1. The van der Waals surface area contributed by atoms with E-state index >= 15 is 0 Å². The summed E-state index contributed by atoms with van der Waals surface area (Å²) < 4.78 is 5.42. The number of aliphatic imine (C=N–C) groups is 1. The second kappa shape index (κ2) is 11.4. The molecule has 8 heteroatoms. The van der Waals surface area contributed by atoms with Crippen LogP contribution in [0.25, 0.3) is 0 Å². The van der Waals surface area contributed by atoms with Gasteiger partial charge < -0.3 is 25.0 Å². The van der Waals surface area contributed by atoms with Crippen molar-refractivity contribution in [3.63, 3.8) is 0 Å². The SMILES string of the molecule is CCNC(=NCc1c(CC)noc1CC)NCC(=O)N1CCN(c2ccccc2)CC1. The van der Waals surface area contributed by atoms with Crippen LogP contribution in [0.4, 0.5) is 5.69 Å². The van der Waals surface area contributed by atoms with Crippen molar-refractivity contribution in [2.45, 2.75) is 40.2 Å². The molecular formula is C23H34N6O2. The Hall–Kier alpha value is -3.03. The van der Waals surface area contributed by atoms with Crippen LogP contribution in [0.3, 0.4) is 0 Å². The normalized spacial score (nSPS) is 14.6. The molecule has 168 valence electrons. The average molecular weight is 427 g/mol. The van der Waals surface area contributed by atoms with Gasteiger partial charge in [-0.3, -0.25) is 4.79 Å². The number of aromatic nitrogens is 1. The number of anilines is 1. The summed E-state index contributed by atoms with van der Waals surface area (Å²) in [5.74, 6) is 1.60. The molecule has 1 aliphatic rings. The van der Waals surface area contributed by atoms with Gasteiger partial charge >= 0.3 is 0 Å². The minimum atomic E-state index is 0.0896. The number of nitrogens with one attached hydrogen (secondary N) is 2. The number of guanidine groups is 1. The minimum Gasteiger partial charge on any atom is -0.368 e. The third kappa shape index (κ3) is 5.99. The van der Waals surface area contributed by atoms with E-state index in [4.69, 9.17) is 4.52 Å². The van der Waals surface area contributed by atoms with Crippen molar-refractivity contribution in [2.24, 2.45) is 4.99 Å². The van der Waals surface area contributed by atoms with E-state index in [0.717, 1.165) is 62.6 Å². The van der Waals surface area contributed by atoms with Gasteiger partial charge in [0.2, 0.25) is 5.91 Å². The number of rotatable bonds is 8.